The van der Waals surface area contributed by atoms with Gasteiger partial charge in [0.15, 0.2) is 0 Å². The topological polar surface area (TPSA) is 47.1 Å². The molecule has 2 N–H and O–H groups in total. The van der Waals surface area contributed by atoms with Gasteiger partial charge in [-0.2, -0.15) is 0 Å². The van der Waals surface area contributed by atoms with E-state index in [-0.39, 0.29) is 5.54 Å². The molecule has 4 heteroatoms. The van der Waals surface area contributed by atoms with E-state index in [1.807, 2.05) is 18.7 Å². The molecule has 0 radical (unpaired) electrons. The molecule has 0 amide bonds. The fourth-order valence-corrected chi connectivity index (χ4v) is 3.95. The van der Waals surface area contributed by atoms with Crippen LogP contribution in [-0.2, 0) is 6.54 Å². The molecular formula is C17H32N4. The lowest BCUT2D eigenvalue weighted by Gasteiger charge is -2.48. The number of aromatic nitrogens is 2. The standard InChI is InChI=1S/C17H32N4/c1-3-9-21(11-5-10-20-12-8-19-15-20)17(14-18)7-4-6-16(2)13-17/h8,12,15-16H,3-7,9-11,13-14,18H2,1-2H3. The SMILES string of the molecule is CCCN(CCCn1ccnc1)C1(CN)CCCC(C)C1. The molecule has 0 bridgehead atoms. The van der Waals surface area contributed by atoms with Crippen LogP contribution < -0.4 is 5.73 Å². The van der Waals surface area contributed by atoms with E-state index in [1.165, 1.54) is 45.1 Å². The van der Waals surface area contributed by atoms with E-state index < -0.39 is 0 Å². The van der Waals surface area contributed by atoms with Crippen molar-refractivity contribution in [3.63, 3.8) is 0 Å². The molecule has 0 aliphatic heterocycles. The molecule has 2 atom stereocenters. The second-order valence-corrected chi connectivity index (χ2v) is 6.77. The van der Waals surface area contributed by atoms with Gasteiger partial charge in [0.25, 0.3) is 0 Å². The van der Waals surface area contributed by atoms with Crippen molar-refractivity contribution in [2.24, 2.45) is 11.7 Å². The van der Waals surface area contributed by atoms with Crippen LogP contribution in [0.2, 0.25) is 0 Å². The molecule has 2 rings (SSSR count). The number of nitrogens with two attached hydrogens (primary N) is 1. The van der Waals surface area contributed by atoms with E-state index in [4.69, 9.17) is 5.73 Å². The summed E-state index contributed by atoms with van der Waals surface area (Å²) >= 11 is 0. The molecule has 1 fully saturated rings. The summed E-state index contributed by atoms with van der Waals surface area (Å²) in [5, 5.41) is 0. The van der Waals surface area contributed by atoms with Gasteiger partial charge < -0.3 is 10.3 Å². The Kier molecular flexibility index (Phi) is 6.24. The summed E-state index contributed by atoms with van der Waals surface area (Å²) in [6.45, 7) is 8.85. The first-order valence-electron chi connectivity index (χ1n) is 8.61. The van der Waals surface area contributed by atoms with Gasteiger partial charge in [-0.1, -0.05) is 26.7 Å². The van der Waals surface area contributed by atoms with Crippen molar-refractivity contribution in [1.29, 1.82) is 0 Å². The fraction of sp³-hybridized carbons (Fsp3) is 0.824. The minimum Gasteiger partial charge on any atom is -0.337 e. The zero-order chi connectivity index (χ0) is 15.1. The fourth-order valence-electron chi connectivity index (χ4n) is 3.95. The van der Waals surface area contributed by atoms with E-state index in [1.54, 1.807) is 0 Å². The second-order valence-electron chi connectivity index (χ2n) is 6.77. The van der Waals surface area contributed by atoms with Crippen LogP contribution in [0.25, 0.3) is 0 Å². The summed E-state index contributed by atoms with van der Waals surface area (Å²) in [5.74, 6) is 0.815. The third kappa shape index (κ3) is 4.30. The lowest BCUT2D eigenvalue weighted by molar-refractivity contribution is 0.0370. The maximum atomic E-state index is 6.24. The molecule has 0 saturated heterocycles. The van der Waals surface area contributed by atoms with Gasteiger partial charge in [-0.25, -0.2) is 4.98 Å². The normalized spacial score (nSPS) is 26.4. The lowest BCUT2D eigenvalue weighted by atomic mass is 9.75. The number of nitrogens with zero attached hydrogens (tertiary/aromatic N) is 3. The van der Waals surface area contributed by atoms with Crippen molar-refractivity contribution in [3.05, 3.63) is 18.7 Å². The predicted octanol–water partition coefficient (Wildman–Crippen LogP) is 2.89. The summed E-state index contributed by atoms with van der Waals surface area (Å²) < 4.78 is 2.17. The molecule has 2 unspecified atom stereocenters. The average Bonchev–Trinajstić information content (AvgIpc) is 2.99. The van der Waals surface area contributed by atoms with Gasteiger partial charge >= 0.3 is 0 Å². The molecule has 120 valence electrons. The Morgan fingerprint density at radius 2 is 2.29 bits per heavy atom. The van der Waals surface area contributed by atoms with Crippen LogP contribution in [0.4, 0.5) is 0 Å². The molecule has 0 aromatic carbocycles. The van der Waals surface area contributed by atoms with Crippen molar-refractivity contribution in [2.75, 3.05) is 19.6 Å². The van der Waals surface area contributed by atoms with E-state index >= 15 is 0 Å². The van der Waals surface area contributed by atoms with Crippen LogP contribution in [0.5, 0.6) is 0 Å². The third-order valence-electron chi connectivity index (χ3n) is 5.02. The van der Waals surface area contributed by atoms with Crippen LogP contribution in [0.1, 0.15) is 52.4 Å². The Labute approximate surface area is 129 Å². The molecule has 0 spiro atoms. The zero-order valence-electron chi connectivity index (χ0n) is 13.8. The van der Waals surface area contributed by atoms with Crippen LogP contribution >= 0.6 is 0 Å². The maximum Gasteiger partial charge on any atom is 0.0945 e. The molecule has 4 nitrogen and oxygen atoms in total. The van der Waals surface area contributed by atoms with Gasteiger partial charge in [-0.3, -0.25) is 4.90 Å². The summed E-state index contributed by atoms with van der Waals surface area (Å²) in [6.07, 6.45) is 13.4. The summed E-state index contributed by atoms with van der Waals surface area (Å²) in [4.78, 5) is 6.81. The Balaban J connectivity index is 1.95. The van der Waals surface area contributed by atoms with Gasteiger partial charge in [-0.05, 0) is 38.1 Å². The van der Waals surface area contributed by atoms with Gasteiger partial charge in [-0.15, -0.1) is 0 Å². The van der Waals surface area contributed by atoms with Crippen molar-refractivity contribution in [2.45, 2.75) is 64.5 Å². The molecule has 1 saturated carbocycles. The van der Waals surface area contributed by atoms with Crippen molar-refractivity contribution < 1.29 is 0 Å². The highest BCUT2D eigenvalue weighted by atomic mass is 15.2. The highest BCUT2D eigenvalue weighted by molar-refractivity contribution is 4.96. The smallest absolute Gasteiger partial charge is 0.0945 e. The summed E-state index contributed by atoms with van der Waals surface area (Å²) in [6, 6.07) is 0. The van der Waals surface area contributed by atoms with Crippen LogP contribution in [0, 0.1) is 5.92 Å². The number of hydrogen-bond acceptors (Lipinski definition) is 3. The van der Waals surface area contributed by atoms with Crippen molar-refractivity contribution in [3.8, 4) is 0 Å². The Bertz CT molecular complexity index is 390. The Morgan fingerprint density at radius 1 is 1.43 bits per heavy atom. The molecule has 21 heavy (non-hydrogen) atoms. The van der Waals surface area contributed by atoms with Gasteiger partial charge in [0, 0.05) is 37.6 Å². The number of rotatable bonds is 8. The maximum absolute atomic E-state index is 6.24. The number of aryl methyl sites for hydroxylation is 1. The van der Waals surface area contributed by atoms with Crippen LogP contribution in [0.15, 0.2) is 18.7 Å². The monoisotopic (exact) mass is 292 g/mol. The summed E-state index contributed by atoms with van der Waals surface area (Å²) in [5.41, 5.74) is 6.49. The van der Waals surface area contributed by atoms with Crippen LogP contribution in [-0.4, -0.2) is 39.6 Å². The van der Waals surface area contributed by atoms with Crippen molar-refractivity contribution >= 4 is 0 Å². The molecule has 1 heterocycles. The number of imidazole rings is 1. The Hall–Kier alpha value is -0.870. The number of hydrogen-bond donors (Lipinski definition) is 1. The molecule has 1 aromatic heterocycles. The highest BCUT2D eigenvalue weighted by Gasteiger charge is 2.38. The van der Waals surface area contributed by atoms with Gasteiger partial charge in [0.1, 0.15) is 0 Å². The van der Waals surface area contributed by atoms with Crippen molar-refractivity contribution in [1.82, 2.24) is 14.5 Å². The van der Waals surface area contributed by atoms with Crippen LogP contribution in [0.3, 0.4) is 0 Å². The summed E-state index contributed by atoms with van der Waals surface area (Å²) in [7, 11) is 0. The average molecular weight is 292 g/mol. The predicted molar refractivity (Wildman–Crippen MR) is 88.1 cm³/mol. The van der Waals surface area contributed by atoms with E-state index in [0.717, 1.165) is 25.6 Å². The first kappa shape index (κ1) is 16.5. The zero-order valence-corrected chi connectivity index (χ0v) is 13.8. The van der Waals surface area contributed by atoms with E-state index in [9.17, 15) is 0 Å². The van der Waals surface area contributed by atoms with E-state index in [2.05, 4.69) is 28.3 Å². The van der Waals surface area contributed by atoms with E-state index in [0.29, 0.717) is 0 Å². The largest absolute Gasteiger partial charge is 0.337 e. The Morgan fingerprint density at radius 3 is 2.90 bits per heavy atom. The first-order valence-corrected chi connectivity index (χ1v) is 8.61. The van der Waals surface area contributed by atoms with Gasteiger partial charge in [0.2, 0.25) is 0 Å². The minimum atomic E-state index is 0.253. The minimum absolute atomic E-state index is 0.253. The molecular weight excluding hydrogens is 260 g/mol. The quantitative estimate of drug-likeness (QED) is 0.801. The third-order valence-corrected chi connectivity index (χ3v) is 5.02. The van der Waals surface area contributed by atoms with Gasteiger partial charge in [0.05, 0.1) is 6.33 Å². The lowest BCUT2D eigenvalue weighted by Crippen LogP contribution is -2.56. The molecule has 1 aromatic rings. The first-order chi connectivity index (χ1) is 10.2. The molecule has 1 aliphatic rings. The highest BCUT2D eigenvalue weighted by Crippen LogP contribution is 2.36. The molecule has 1 aliphatic carbocycles. The second kappa shape index (κ2) is 7.95.